The first-order valence-electron chi connectivity index (χ1n) is 6.58. The highest BCUT2D eigenvalue weighted by Gasteiger charge is 2.27. The number of rotatable bonds is 2. The molecule has 0 aromatic carbocycles. The first kappa shape index (κ1) is 15.5. The van der Waals surface area contributed by atoms with E-state index < -0.39 is 9.84 Å². The quantitative estimate of drug-likeness (QED) is 0.757. The van der Waals surface area contributed by atoms with Crippen molar-refractivity contribution in [1.29, 1.82) is 0 Å². The summed E-state index contributed by atoms with van der Waals surface area (Å²) in [6, 6.07) is 3.37. The van der Waals surface area contributed by atoms with Crippen LogP contribution in [0.4, 0.5) is 0 Å². The lowest BCUT2D eigenvalue weighted by molar-refractivity contribution is 0.0764. The van der Waals surface area contributed by atoms with E-state index in [0.717, 1.165) is 0 Å². The number of nitrogens with zero attached hydrogens (tertiary/aromatic N) is 2. The van der Waals surface area contributed by atoms with Crippen molar-refractivity contribution in [2.24, 2.45) is 0 Å². The van der Waals surface area contributed by atoms with Crippen LogP contribution in [-0.4, -0.2) is 60.5 Å². The summed E-state index contributed by atoms with van der Waals surface area (Å²) in [7, 11) is -3.03. The first-order valence-corrected chi connectivity index (χ1v) is 8.40. The second-order valence-corrected chi connectivity index (χ2v) is 6.92. The minimum absolute atomic E-state index is 0.0168. The number of aliphatic hydroxyl groups is 1. The zero-order valence-electron chi connectivity index (χ0n) is 11.4. The minimum Gasteiger partial charge on any atom is -0.395 e. The zero-order chi connectivity index (χ0) is 15.3. The average Bonchev–Trinajstić information content (AvgIpc) is 2.47. The number of amides is 1. The first-order chi connectivity index (χ1) is 10.0. The maximum Gasteiger partial charge on any atom is 0.273 e. The van der Waals surface area contributed by atoms with Gasteiger partial charge in [0.1, 0.15) is 5.69 Å². The molecule has 7 heteroatoms. The van der Waals surface area contributed by atoms with Crippen LogP contribution in [0, 0.1) is 11.8 Å². The number of hydrogen-bond donors (Lipinski definition) is 1. The van der Waals surface area contributed by atoms with Gasteiger partial charge in [-0.3, -0.25) is 4.79 Å². The van der Waals surface area contributed by atoms with Gasteiger partial charge in [-0.05, 0) is 12.1 Å². The lowest BCUT2D eigenvalue weighted by atomic mass is 10.1. The van der Waals surface area contributed by atoms with Gasteiger partial charge in [-0.25, -0.2) is 13.4 Å². The normalized spacial score (nSPS) is 16.9. The van der Waals surface area contributed by atoms with E-state index in [0.29, 0.717) is 12.0 Å². The van der Waals surface area contributed by atoms with E-state index in [1.165, 1.54) is 11.1 Å². The largest absolute Gasteiger partial charge is 0.395 e. The van der Waals surface area contributed by atoms with Crippen molar-refractivity contribution < 1.29 is 18.3 Å². The predicted octanol–water partition coefficient (Wildman–Crippen LogP) is -0.314. The van der Waals surface area contributed by atoms with Gasteiger partial charge in [-0.2, -0.15) is 0 Å². The molecule has 0 spiro atoms. The van der Waals surface area contributed by atoms with Gasteiger partial charge in [0.15, 0.2) is 9.84 Å². The topological polar surface area (TPSA) is 87.6 Å². The molecular weight excluding hydrogens is 292 g/mol. The van der Waals surface area contributed by atoms with Crippen molar-refractivity contribution in [2.45, 2.75) is 6.42 Å². The van der Waals surface area contributed by atoms with Crippen LogP contribution in [0.1, 0.15) is 22.5 Å². The molecule has 0 unspecified atom stereocenters. The van der Waals surface area contributed by atoms with E-state index in [9.17, 15) is 13.2 Å². The molecule has 1 aromatic rings. The van der Waals surface area contributed by atoms with Crippen LogP contribution in [-0.2, 0) is 9.84 Å². The Morgan fingerprint density at radius 2 is 2.10 bits per heavy atom. The maximum atomic E-state index is 12.4. The molecule has 0 radical (unpaired) electrons. The molecule has 0 saturated carbocycles. The van der Waals surface area contributed by atoms with Crippen LogP contribution < -0.4 is 0 Å². The zero-order valence-corrected chi connectivity index (χ0v) is 12.3. The molecule has 0 atom stereocenters. The molecule has 2 heterocycles. The molecule has 1 aliphatic heterocycles. The lowest BCUT2D eigenvalue weighted by Gasteiger charge is -2.26. The Morgan fingerprint density at radius 1 is 1.38 bits per heavy atom. The van der Waals surface area contributed by atoms with Crippen molar-refractivity contribution in [2.75, 3.05) is 31.2 Å². The number of carbonyl (C=O) groups is 1. The van der Waals surface area contributed by atoms with Crippen LogP contribution in [0.2, 0.25) is 0 Å². The third kappa shape index (κ3) is 4.03. The highest BCUT2D eigenvalue weighted by atomic mass is 32.2. The summed E-state index contributed by atoms with van der Waals surface area (Å²) in [5.41, 5.74) is 0.714. The second kappa shape index (κ2) is 6.70. The van der Waals surface area contributed by atoms with Gasteiger partial charge < -0.3 is 10.0 Å². The number of aliphatic hydroxyl groups excluding tert-OH is 1. The molecule has 1 saturated heterocycles. The number of carbonyl (C=O) groups excluding carboxylic acids is 1. The smallest absolute Gasteiger partial charge is 0.273 e. The van der Waals surface area contributed by atoms with Gasteiger partial charge in [0, 0.05) is 25.7 Å². The third-order valence-corrected chi connectivity index (χ3v) is 4.71. The Kier molecular flexibility index (Phi) is 4.94. The average molecular weight is 308 g/mol. The van der Waals surface area contributed by atoms with Gasteiger partial charge in [-0.15, -0.1) is 0 Å². The van der Waals surface area contributed by atoms with Crippen LogP contribution in [0.3, 0.4) is 0 Å². The molecule has 1 aliphatic rings. The number of aromatic nitrogens is 1. The van der Waals surface area contributed by atoms with Crippen molar-refractivity contribution in [3.63, 3.8) is 0 Å². The van der Waals surface area contributed by atoms with Crippen molar-refractivity contribution in [3.8, 4) is 11.8 Å². The van der Waals surface area contributed by atoms with E-state index in [2.05, 4.69) is 16.8 Å². The number of pyridine rings is 1. The monoisotopic (exact) mass is 308 g/mol. The summed E-state index contributed by atoms with van der Waals surface area (Å²) in [6.07, 6.45) is 1.83. The Labute approximate surface area is 123 Å². The molecular formula is C14H16N2O4S. The molecule has 1 N–H and O–H groups in total. The maximum absolute atomic E-state index is 12.4. The fraction of sp³-hybridized carbons (Fsp3) is 0.429. The molecule has 0 aliphatic carbocycles. The molecule has 112 valence electrons. The highest BCUT2D eigenvalue weighted by Crippen LogP contribution is 2.11. The van der Waals surface area contributed by atoms with Crippen molar-refractivity contribution in [1.82, 2.24) is 9.88 Å². The fourth-order valence-electron chi connectivity index (χ4n) is 1.96. The lowest BCUT2D eigenvalue weighted by Crippen LogP contribution is -2.44. The Bertz CT molecular complexity index is 674. The van der Waals surface area contributed by atoms with Crippen molar-refractivity contribution in [3.05, 3.63) is 29.6 Å². The molecule has 1 fully saturated rings. The SMILES string of the molecule is O=C(c1ncccc1C#CCCO)N1CCS(=O)(=O)CC1. The van der Waals surface area contributed by atoms with E-state index in [-0.39, 0.29) is 42.8 Å². The van der Waals surface area contributed by atoms with Gasteiger partial charge >= 0.3 is 0 Å². The van der Waals surface area contributed by atoms with Gasteiger partial charge in [-0.1, -0.05) is 11.8 Å². The summed E-state index contributed by atoms with van der Waals surface area (Å²) >= 11 is 0. The van der Waals surface area contributed by atoms with Gasteiger partial charge in [0.05, 0.1) is 23.7 Å². The van der Waals surface area contributed by atoms with Gasteiger partial charge in [0.25, 0.3) is 5.91 Å². The summed E-state index contributed by atoms with van der Waals surface area (Å²) in [6.45, 7) is 0.322. The second-order valence-electron chi connectivity index (χ2n) is 4.62. The summed E-state index contributed by atoms with van der Waals surface area (Å²) in [4.78, 5) is 18.0. The van der Waals surface area contributed by atoms with Crippen LogP contribution in [0.25, 0.3) is 0 Å². The molecule has 2 rings (SSSR count). The van der Waals surface area contributed by atoms with Crippen LogP contribution in [0.15, 0.2) is 18.3 Å². The molecule has 6 nitrogen and oxygen atoms in total. The summed E-state index contributed by atoms with van der Waals surface area (Å²) < 4.78 is 22.8. The Morgan fingerprint density at radius 3 is 2.76 bits per heavy atom. The summed E-state index contributed by atoms with van der Waals surface area (Å²) in [5.74, 6) is 5.23. The number of hydrogen-bond acceptors (Lipinski definition) is 5. The fourth-order valence-corrected chi connectivity index (χ4v) is 3.16. The molecule has 21 heavy (non-hydrogen) atoms. The third-order valence-electron chi connectivity index (χ3n) is 3.10. The van der Waals surface area contributed by atoms with E-state index in [4.69, 9.17) is 5.11 Å². The predicted molar refractivity (Wildman–Crippen MR) is 77.4 cm³/mol. The van der Waals surface area contributed by atoms with Crippen LogP contribution >= 0.6 is 0 Å². The molecule has 0 bridgehead atoms. The molecule has 1 amide bonds. The van der Waals surface area contributed by atoms with E-state index in [1.54, 1.807) is 12.1 Å². The van der Waals surface area contributed by atoms with Gasteiger partial charge in [0.2, 0.25) is 0 Å². The Hall–Kier alpha value is -1.91. The highest BCUT2D eigenvalue weighted by molar-refractivity contribution is 7.91. The van der Waals surface area contributed by atoms with E-state index >= 15 is 0 Å². The van der Waals surface area contributed by atoms with E-state index in [1.807, 2.05) is 0 Å². The number of sulfone groups is 1. The summed E-state index contributed by atoms with van der Waals surface area (Å²) in [5, 5.41) is 8.73. The Balaban J connectivity index is 2.19. The van der Waals surface area contributed by atoms with Crippen molar-refractivity contribution >= 4 is 15.7 Å². The van der Waals surface area contributed by atoms with Crippen LogP contribution in [0.5, 0.6) is 0 Å². The minimum atomic E-state index is -3.03. The standard InChI is InChI=1S/C14H16N2O4S/c17-9-2-1-4-12-5-3-6-15-13(12)14(18)16-7-10-21(19,20)11-8-16/h3,5-6,17H,2,7-11H2. The molecule has 1 aromatic heterocycles.